The largest absolute Gasteiger partial charge is 0.442 e. The minimum atomic E-state index is -0.314. The van der Waals surface area contributed by atoms with Gasteiger partial charge in [-0.1, -0.05) is 34.2 Å². The number of alkyl halides is 1. The zero-order valence-electron chi connectivity index (χ0n) is 6.49. The molecule has 0 amide bonds. The van der Waals surface area contributed by atoms with E-state index in [0.717, 1.165) is 31.5 Å². The van der Waals surface area contributed by atoms with Gasteiger partial charge in [-0.15, -0.1) is 0 Å². The summed E-state index contributed by atoms with van der Waals surface area (Å²) in [5.74, 6) is 0.489. The number of fused-ring (bicyclic) bond motifs is 1. The summed E-state index contributed by atoms with van der Waals surface area (Å²) in [6.07, 6.45) is 4.17. The summed E-state index contributed by atoms with van der Waals surface area (Å²) in [6, 6.07) is 0. The lowest BCUT2D eigenvalue weighted by atomic mass is 10.2. The Bertz CT molecular complexity index is 330. The molecule has 0 fully saturated rings. The average molecular weight is 280 g/mol. The fourth-order valence-electron chi connectivity index (χ4n) is 1.45. The molecule has 0 saturated carbocycles. The molecule has 0 aliphatic carbocycles. The molecule has 1 atom stereocenters. The summed E-state index contributed by atoms with van der Waals surface area (Å²) < 4.78 is 6.48. The summed E-state index contributed by atoms with van der Waals surface area (Å²) in [7, 11) is 0. The Morgan fingerprint density at radius 2 is 2.42 bits per heavy atom. The zero-order chi connectivity index (χ0) is 8.55. The number of hydrogen-bond acceptors (Lipinski definition) is 3. The minimum Gasteiger partial charge on any atom is -0.296 e. The molecule has 1 aromatic heterocycles. The third-order valence-electron chi connectivity index (χ3n) is 2.08. The summed E-state index contributed by atoms with van der Waals surface area (Å²) in [5.41, 5.74) is 0. The van der Waals surface area contributed by atoms with E-state index in [1.807, 2.05) is 0 Å². The lowest BCUT2D eigenvalue weighted by molar-refractivity contribution is 0.369. The van der Waals surface area contributed by atoms with Crippen molar-refractivity contribution in [2.24, 2.45) is 0 Å². The number of hydrogen-bond donors (Lipinski definition) is 0. The van der Waals surface area contributed by atoms with Crippen molar-refractivity contribution in [2.45, 2.75) is 29.7 Å². The van der Waals surface area contributed by atoms with Crippen LogP contribution in [0.5, 0.6) is 0 Å². The van der Waals surface area contributed by atoms with Crippen molar-refractivity contribution in [3.8, 4) is 0 Å². The van der Waals surface area contributed by atoms with Gasteiger partial charge in [0.2, 0.25) is 0 Å². The fourth-order valence-corrected chi connectivity index (χ4v) is 2.44. The number of rotatable bonds is 0. The van der Waals surface area contributed by atoms with Crippen LogP contribution in [-0.2, 0) is 6.42 Å². The van der Waals surface area contributed by atoms with Gasteiger partial charge in [0.1, 0.15) is 0 Å². The van der Waals surface area contributed by atoms with Crippen LogP contribution < -0.4 is 5.76 Å². The number of nitrogens with zero attached hydrogens (tertiary/aromatic N) is 2. The third kappa shape index (κ3) is 1.30. The second-order valence-electron chi connectivity index (χ2n) is 2.91. The van der Waals surface area contributed by atoms with Crippen LogP contribution in [0, 0.1) is 0 Å². The van der Waals surface area contributed by atoms with Crippen molar-refractivity contribution in [1.29, 1.82) is 0 Å². The van der Waals surface area contributed by atoms with E-state index < -0.39 is 0 Å². The monoisotopic (exact) mass is 280 g/mol. The van der Waals surface area contributed by atoms with Gasteiger partial charge in [0.05, 0.1) is 4.05 Å². The van der Waals surface area contributed by atoms with Crippen molar-refractivity contribution in [3.05, 3.63) is 16.4 Å². The first-order valence-electron chi connectivity index (χ1n) is 4.00. The van der Waals surface area contributed by atoms with E-state index >= 15 is 0 Å². The summed E-state index contributed by atoms with van der Waals surface area (Å²) in [4.78, 5) is 11.2. The average Bonchev–Trinajstić information content (AvgIpc) is 2.29. The van der Waals surface area contributed by atoms with Gasteiger partial charge in [-0.3, -0.25) is 4.52 Å². The topological polar surface area (TPSA) is 48.0 Å². The Balaban J connectivity index is 2.49. The molecule has 66 valence electrons. The molecule has 0 unspecified atom stereocenters. The van der Waals surface area contributed by atoms with Crippen LogP contribution in [0.25, 0.3) is 0 Å². The predicted octanol–water partition coefficient (Wildman–Crippen LogP) is 1.50. The van der Waals surface area contributed by atoms with E-state index in [4.69, 9.17) is 0 Å². The molecular formula is C7H9IN2O2. The van der Waals surface area contributed by atoms with E-state index in [2.05, 4.69) is 32.3 Å². The quantitative estimate of drug-likeness (QED) is 0.534. The van der Waals surface area contributed by atoms with Crippen LogP contribution in [0.4, 0.5) is 0 Å². The van der Waals surface area contributed by atoms with E-state index in [1.54, 1.807) is 4.57 Å². The molecule has 2 heterocycles. The van der Waals surface area contributed by atoms with Crippen LogP contribution in [0.15, 0.2) is 9.32 Å². The van der Waals surface area contributed by atoms with Crippen molar-refractivity contribution < 1.29 is 4.52 Å². The fraction of sp³-hybridized carbons (Fsp3) is 0.714. The maximum atomic E-state index is 11.2. The molecule has 0 spiro atoms. The normalized spacial score (nSPS) is 23.2. The highest BCUT2D eigenvalue weighted by molar-refractivity contribution is 14.1. The van der Waals surface area contributed by atoms with E-state index in [-0.39, 0.29) is 9.80 Å². The molecule has 0 aromatic carbocycles. The molecule has 1 aromatic rings. The second-order valence-corrected chi connectivity index (χ2v) is 4.35. The molecule has 2 rings (SSSR count). The number of aromatic nitrogens is 2. The maximum Gasteiger partial charge on any atom is 0.442 e. The first-order valence-corrected chi connectivity index (χ1v) is 5.25. The van der Waals surface area contributed by atoms with Gasteiger partial charge in [-0.05, 0) is 12.8 Å². The predicted molar refractivity (Wildman–Crippen MR) is 51.4 cm³/mol. The summed E-state index contributed by atoms with van der Waals surface area (Å²) in [5, 5.41) is 3.74. The first kappa shape index (κ1) is 8.28. The van der Waals surface area contributed by atoms with Gasteiger partial charge in [0.15, 0.2) is 5.82 Å². The molecule has 0 N–H and O–H groups in total. The lowest BCUT2D eigenvalue weighted by Crippen LogP contribution is -2.17. The van der Waals surface area contributed by atoms with Gasteiger partial charge >= 0.3 is 5.76 Å². The van der Waals surface area contributed by atoms with Crippen LogP contribution in [0.2, 0.25) is 0 Å². The molecule has 0 radical (unpaired) electrons. The van der Waals surface area contributed by atoms with Crippen molar-refractivity contribution in [2.75, 3.05) is 0 Å². The molecule has 1 aliphatic rings. The highest BCUT2D eigenvalue weighted by Crippen LogP contribution is 2.26. The SMILES string of the molecule is O=c1onc2n1[C@@H](I)CCCC2. The number of halogens is 1. The summed E-state index contributed by atoms with van der Waals surface area (Å²) in [6.45, 7) is 0. The van der Waals surface area contributed by atoms with Gasteiger partial charge in [-0.2, -0.15) is 0 Å². The molecule has 12 heavy (non-hydrogen) atoms. The van der Waals surface area contributed by atoms with Gasteiger partial charge < -0.3 is 0 Å². The van der Waals surface area contributed by atoms with Crippen LogP contribution in [0.1, 0.15) is 29.1 Å². The summed E-state index contributed by atoms with van der Waals surface area (Å²) >= 11 is 2.26. The Hall–Kier alpha value is -0.330. The van der Waals surface area contributed by atoms with E-state index in [0.29, 0.717) is 0 Å². The van der Waals surface area contributed by atoms with E-state index in [1.165, 1.54) is 0 Å². The van der Waals surface area contributed by atoms with Gasteiger partial charge in [0.25, 0.3) is 0 Å². The number of aryl methyl sites for hydroxylation is 1. The Morgan fingerprint density at radius 3 is 3.25 bits per heavy atom. The second kappa shape index (κ2) is 3.20. The molecular weight excluding hydrogens is 271 g/mol. The van der Waals surface area contributed by atoms with Gasteiger partial charge in [0, 0.05) is 6.42 Å². The highest BCUT2D eigenvalue weighted by atomic mass is 127. The Labute approximate surface area is 83.1 Å². The van der Waals surface area contributed by atoms with Crippen molar-refractivity contribution >= 4 is 22.6 Å². The van der Waals surface area contributed by atoms with Crippen LogP contribution in [0.3, 0.4) is 0 Å². The highest BCUT2D eigenvalue weighted by Gasteiger charge is 2.20. The minimum absolute atomic E-state index is 0.221. The van der Waals surface area contributed by atoms with Gasteiger partial charge in [-0.25, -0.2) is 9.36 Å². The van der Waals surface area contributed by atoms with E-state index in [9.17, 15) is 4.79 Å². The first-order chi connectivity index (χ1) is 5.79. The zero-order valence-corrected chi connectivity index (χ0v) is 8.65. The van der Waals surface area contributed by atoms with Crippen molar-refractivity contribution in [1.82, 2.24) is 9.72 Å². The Morgan fingerprint density at radius 1 is 1.58 bits per heavy atom. The maximum absolute atomic E-state index is 11.2. The van der Waals surface area contributed by atoms with Crippen LogP contribution >= 0.6 is 22.6 Å². The molecule has 0 saturated heterocycles. The molecule has 1 aliphatic heterocycles. The molecule has 4 nitrogen and oxygen atoms in total. The Kier molecular flexibility index (Phi) is 2.20. The van der Waals surface area contributed by atoms with Crippen molar-refractivity contribution in [3.63, 3.8) is 0 Å². The molecule has 5 heteroatoms. The van der Waals surface area contributed by atoms with Crippen LogP contribution in [-0.4, -0.2) is 9.72 Å². The standard InChI is InChI=1S/C7H9IN2O2/c8-5-3-1-2-4-6-9-12-7(11)10(5)6/h5H,1-4H2/t5-/m1/s1. The smallest absolute Gasteiger partial charge is 0.296 e. The lowest BCUT2D eigenvalue weighted by Gasteiger charge is -2.05. The third-order valence-corrected chi connectivity index (χ3v) is 3.26. The molecule has 0 bridgehead atoms.